The standard InChI is InChI=1S/C29H34/c1-5-8-14-21-29(4,22-15-13-16-23(6-2)7-3)28-26-19-11-9-17-24(26)25-18-10-12-20-27(25)28/h6,8-12,14,17-20,28H,5,7,15,21-22H2,1-4H3/b14-8-,23-6+. The van der Waals surface area contributed by atoms with E-state index in [2.05, 4.69) is 106 Å². The largest absolute Gasteiger partial charge is 0.0982 e. The summed E-state index contributed by atoms with van der Waals surface area (Å²) < 4.78 is 0. The van der Waals surface area contributed by atoms with E-state index in [0.717, 1.165) is 32.1 Å². The van der Waals surface area contributed by atoms with Crippen molar-refractivity contribution in [3.8, 4) is 23.0 Å². The molecule has 1 unspecified atom stereocenters. The molecule has 0 aliphatic heterocycles. The van der Waals surface area contributed by atoms with Crippen LogP contribution in [0.3, 0.4) is 0 Å². The Morgan fingerprint density at radius 1 is 0.966 bits per heavy atom. The van der Waals surface area contributed by atoms with Gasteiger partial charge in [-0.25, -0.2) is 0 Å². The van der Waals surface area contributed by atoms with Crippen molar-refractivity contribution in [3.05, 3.63) is 83.5 Å². The van der Waals surface area contributed by atoms with E-state index in [0.29, 0.717) is 5.92 Å². The first-order chi connectivity index (χ1) is 14.1. The van der Waals surface area contributed by atoms with E-state index in [-0.39, 0.29) is 5.41 Å². The molecule has 2 aromatic rings. The smallest absolute Gasteiger partial charge is 0.0159 e. The van der Waals surface area contributed by atoms with Gasteiger partial charge < -0.3 is 0 Å². The molecule has 1 aliphatic carbocycles. The molecule has 0 spiro atoms. The van der Waals surface area contributed by atoms with Crippen LogP contribution in [0.4, 0.5) is 0 Å². The van der Waals surface area contributed by atoms with Gasteiger partial charge in [-0.1, -0.05) is 99.4 Å². The molecule has 0 saturated carbocycles. The molecule has 0 heterocycles. The predicted octanol–water partition coefficient (Wildman–Crippen LogP) is 8.30. The normalized spacial score (nSPS) is 15.5. The van der Waals surface area contributed by atoms with Crippen LogP contribution in [0.5, 0.6) is 0 Å². The molecule has 2 aromatic carbocycles. The van der Waals surface area contributed by atoms with E-state index in [4.69, 9.17) is 0 Å². The van der Waals surface area contributed by atoms with Gasteiger partial charge in [-0.05, 0) is 65.8 Å². The lowest BCUT2D eigenvalue weighted by molar-refractivity contribution is 0.267. The highest BCUT2D eigenvalue weighted by molar-refractivity contribution is 5.79. The lowest BCUT2D eigenvalue weighted by Gasteiger charge is -2.36. The van der Waals surface area contributed by atoms with Crippen molar-refractivity contribution in [3.63, 3.8) is 0 Å². The molecule has 0 heteroatoms. The van der Waals surface area contributed by atoms with Crippen LogP contribution in [0.25, 0.3) is 11.1 Å². The fraction of sp³-hybridized carbons (Fsp3) is 0.379. The monoisotopic (exact) mass is 382 g/mol. The lowest BCUT2D eigenvalue weighted by atomic mass is 9.67. The third-order valence-corrected chi connectivity index (χ3v) is 6.32. The van der Waals surface area contributed by atoms with Crippen LogP contribution < -0.4 is 0 Å². The average molecular weight is 383 g/mol. The van der Waals surface area contributed by atoms with Crippen molar-refractivity contribution in [2.24, 2.45) is 5.41 Å². The molecule has 0 radical (unpaired) electrons. The summed E-state index contributed by atoms with van der Waals surface area (Å²) in [4.78, 5) is 0. The van der Waals surface area contributed by atoms with Crippen LogP contribution in [0.1, 0.15) is 76.8 Å². The van der Waals surface area contributed by atoms with Gasteiger partial charge in [0.2, 0.25) is 0 Å². The summed E-state index contributed by atoms with van der Waals surface area (Å²) in [5.74, 6) is 7.27. The van der Waals surface area contributed by atoms with Gasteiger partial charge in [0.1, 0.15) is 0 Å². The number of fused-ring (bicyclic) bond motifs is 3. The maximum atomic E-state index is 3.46. The summed E-state index contributed by atoms with van der Waals surface area (Å²) in [7, 11) is 0. The summed E-state index contributed by atoms with van der Waals surface area (Å²) in [6, 6.07) is 18.0. The number of benzene rings is 2. The van der Waals surface area contributed by atoms with Crippen molar-refractivity contribution in [2.75, 3.05) is 0 Å². The summed E-state index contributed by atoms with van der Waals surface area (Å²) in [6.45, 7) is 8.94. The van der Waals surface area contributed by atoms with E-state index >= 15 is 0 Å². The highest BCUT2D eigenvalue weighted by atomic mass is 14.4. The van der Waals surface area contributed by atoms with Crippen molar-refractivity contribution in [1.29, 1.82) is 0 Å². The van der Waals surface area contributed by atoms with Crippen molar-refractivity contribution in [2.45, 2.75) is 65.7 Å². The molecule has 0 N–H and O–H groups in total. The Morgan fingerprint density at radius 3 is 2.14 bits per heavy atom. The average Bonchev–Trinajstić information content (AvgIpc) is 3.09. The van der Waals surface area contributed by atoms with Crippen LogP contribution in [0.15, 0.2) is 72.3 Å². The molecule has 29 heavy (non-hydrogen) atoms. The molecule has 0 bridgehead atoms. The third-order valence-electron chi connectivity index (χ3n) is 6.32. The van der Waals surface area contributed by atoms with Crippen LogP contribution in [-0.2, 0) is 0 Å². The highest BCUT2D eigenvalue weighted by Gasteiger charge is 2.40. The molecule has 0 aromatic heterocycles. The second kappa shape index (κ2) is 9.80. The van der Waals surface area contributed by atoms with E-state index in [9.17, 15) is 0 Å². The van der Waals surface area contributed by atoms with Gasteiger partial charge in [-0.3, -0.25) is 0 Å². The molecule has 1 aliphatic rings. The minimum atomic E-state index is 0.144. The number of hydrogen-bond donors (Lipinski definition) is 0. The molecule has 0 fully saturated rings. The molecule has 0 amide bonds. The molecular formula is C29H34. The van der Waals surface area contributed by atoms with Gasteiger partial charge in [0.25, 0.3) is 0 Å². The minimum absolute atomic E-state index is 0.144. The number of allylic oxidation sites excluding steroid dienone is 4. The van der Waals surface area contributed by atoms with E-state index < -0.39 is 0 Å². The predicted molar refractivity (Wildman–Crippen MR) is 127 cm³/mol. The maximum absolute atomic E-state index is 3.46. The zero-order valence-electron chi connectivity index (χ0n) is 18.5. The molecule has 0 saturated heterocycles. The summed E-state index contributed by atoms with van der Waals surface area (Å²) in [6.07, 6.45) is 12.1. The van der Waals surface area contributed by atoms with Crippen molar-refractivity contribution >= 4 is 0 Å². The Bertz CT molecular complexity index is 902. The Balaban J connectivity index is 1.97. The quantitative estimate of drug-likeness (QED) is 0.334. The van der Waals surface area contributed by atoms with Crippen LogP contribution in [0, 0.1) is 17.3 Å². The van der Waals surface area contributed by atoms with E-state index in [1.165, 1.54) is 27.8 Å². The number of rotatable bonds is 7. The Hall–Kier alpha value is -2.52. The first-order valence-electron chi connectivity index (χ1n) is 11.1. The van der Waals surface area contributed by atoms with Gasteiger partial charge >= 0.3 is 0 Å². The van der Waals surface area contributed by atoms with Gasteiger partial charge in [0.15, 0.2) is 0 Å². The van der Waals surface area contributed by atoms with Crippen molar-refractivity contribution < 1.29 is 0 Å². The first kappa shape index (κ1) is 21.2. The molecule has 150 valence electrons. The summed E-state index contributed by atoms with van der Waals surface area (Å²) in [5, 5.41) is 0. The zero-order valence-corrected chi connectivity index (χ0v) is 18.5. The lowest BCUT2D eigenvalue weighted by Crippen LogP contribution is -2.25. The third kappa shape index (κ3) is 4.56. The minimum Gasteiger partial charge on any atom is -0.0982 e. The first-order valence-corrected chi connectivity index (χ1v) is 11.1. The SMILES string of the molecule is C/C=C(/C#CCCC(C)(C/C=C\CC)C1c2ccccc2-c2ccccc21)CC. The molecule has 0 nitrogen and oxygen atoms in total. The zero-order chi connectivity index (χ0) is 20.7. The van der Waals surface area contributed by atoms with Gasteiger partial charge in [0, 0.05) is 12.3 Å². The van der Waals surface area contributed by atoms with Gasteiger partial charge in [-0.2, -0.15) is 0 Å². The Kier molecular flexibility index (Phi) is 7.16. The van der Waals surface area contributed by atoms with Gasteiger partial charge in [0.05, 0.1) is 0 Å². The van der Waals surface area contributed by atoms with E-state index in [1.54, 1.807) is 0 Å². The van der Waals surface area contributed by atoms with Gasteiger partial charge in [-0.15, -0.1) is 0 Å². The number of hydrogen-bond acceptors (Lipinski definition) is 0. The van der Waals surface area contributed by atoms with Crippen molar-refractivity contribution in [1.82, 2.24) is 0 Å². The topological polar surface area (TPSA) is 0 Å². The molecule has 1 atom stereocenters. The maximum Gasteiger partial charge on any atom is 0.0159 e. The summed E-state index contributed by atoms with van der Waals surface area (Å²) >= 11 is 0. The second-order valence-corrected chi connectivity index (χ2v) is 8.31. The fourth-order valence-electron chi connectivity index (χ4n) is 4.68. The fourth-order valence-corrected chi connectivity index (χ4v) is 4.68. The van der Waals surface area contributed by atoms with E-state index in [1.807, 2.05) is 0 Å². The second-order valence-electron chi connectivity index (χ2n) is 8.31. The Labute approximate surface area is 177 Å². The van der Waals surface area contributed by atoms with Crippen LogP contribution in [0.2, 0.25) is 0 Å². The van der Waals surface area contributed by atoms with Crippen LogP contribution >= 0.6 is 0 Å². The van der Waals surface area contributed by atoms with Crippen LogP contribution in [-0.4, -0.2) is 0 Å². The summed E-state index contributed by atoms with van der Waals surface area (Å²) in [5.41, 5.74) is 7.17. The molecular weight excluding hydrogens is 348 g/mol. The highest BCUT2D eigenvalue weighted by Crippen LogP contribution is 2.55. The molecule has 3 rings (SSSR count). The Morgan fingerprint density at radius 2 is 1.59 bits per heavy atom.